The zero-order chi connectivity index (χ0) is 19.5. The number of nitrogens with zero attached hydrogens (tertiary/aromatic N) is 1. The molecule has 0 radical (unpaired) electrons. The van der Waals surface area contributed by atoms with E-state index < -0.39 is 39.7 Å². The average molecular weight is 367 g/mol. The number of anilines is 1. The number of hydrogen-bond donors (Lipinski definition) is 2. The smallest absolute Gasteiger partial charge is 0.292 e. The van der Waals surface area contributed by atoms with Gasteiger partial charge in [-0.1, -0.05) is 29.8 Å². The van der Waals surface area contributed by atoms with Gasteiger partial charge in [-0.25, -0.2) is 0 Å². The van der Waals surface area contributed by atoms with Crippen molar-refractivity contribution in [1.82, 2.24) is 5.43 Å². The number of alkyl halides is 3. The van der Waals surface area contributed by atoms with Crippen LogP contribution >= 0.6 is 0 Å². The zero-order valence-electron chi connectivity index (χ0n) is 13.3. The molecule has 2 aromatic rings. The van der Waals surface area contributed by atoms with Crippen LogP contribution in [0, 0.1) is 17.0 Å². The summed E-state index contributed by atoms with van der Waals surface area (Å²) in [4.78, 5) is 33.7. The number of nitrogens with one attached hydrogen (secondary N) is 2. The first kappa shape index (κ1) is 18.9. The number of carbonyl (C=O) groups excluding carboxylic acids is 2. The topological polar surface area (TPSA) is 101 Å². The van der Waals surface area contributed by atoms with Crippen molar-refractivity contribution in [3.05, 3.63) is 69.3 Å². The van der Waals surface area contributed by atoms with Gasteiger partial charge in [0.05, 0.1) is 10.5 Å². The summed E-state index contributed by atoms with van der Waals surface area (Å²) < 4.78 is 37.9. The molecular weight excluding hydrogens is 355 g/mol. The van der Waals surface area contributed by atoms with Gasteiger partial charge < -0.3 is 0 Å². The molecule has 1 amide bonds. The number of carbonyl (C=O) groups is 2. The number of nitro groups is 1. The number of aryl methyl sites for hydroxylation is 1. The Bertz CT molecular complexity index is 864. The van der Waals surface area contributed by atoms with Crippen molar-refractivity contribution in [3.63, 3.8) is 0 Å². The summed E-state index contributed by atoms with van der Waals surface area (Å²) in [6.45, 7) is 1.79. The number of nitro benzene ring substituents is 1. The van der Waals surface area contributed by atoms with Crippen molar-refractivity contribution in [2.75, 3.05) is 5.43 Å². The van der Waals surface area contributed by atoms with E-state index in [1.54, 1.807) is 19.1 Å². The number of Topliss-reactive ketones (excluding diaryl/α,β-unsaturated/α-hetero) is 1. The molecule has 0 atom stereocenters. The summed E-state index contributed by atoms with van der Waals surface area (Å²) in [6.07, 6.45) is -4.76. The number of hydrazine groups is 1. The molecule has 2 rings (SSSR count). The molecule has 0 aliphatic rings. The number of benzene rings is 2. The van der Waals surface area contributed by atoms with Crippen LogP contribution in [0.1, 0.15) is 21.5 Å². The highest BCUT2D eigenvalue weighted by molar-refractivity contribution is 6.42. The maximum Gasteiger partial charge on any atom is 0.416 e. The molecule has 136 valence electrons. The van der Waals surface area contributed by atoms with E-state index in [1.807, 2.05) is 5.43 Å². The predicted molar refractivity (Wildman–Crippen MR) is 85.4 cm³/mol. The molecule has 0 unspecified atom stereocenters. The lowest BCUT2D eigenvalue weighted by Crippen LogP contribution is -2.35. The maximum absolute atomic E-state index is 12.6. The number of halogens is 3. The Morgan fingerprint density at radius 2 is 1.69 bits per heavy atom. The second-order valence-electron chi connectivity index (χ2n) is 5.26. The average Bonchev–Trinajstić information content (AvgIpc) is 2.58. The fourth-order valence-electron chi connectivity index (χ4n) is 1.98. The Morgan fingerprint density at radius 3 is 2.23 bits per heavy atom. The SMILES string of the molecule is Cc1ccc(C(=O)C(=O)NNc2ccc(C(F)(F)F)cc2[N+](=O)[O-])cc1. The first-order chi connectivity index (χ1) is 12.1. The lowest BCUT2D eigenvalue weighted by Gasteiger charge is -2.11. The standard InChI is InChI=1S/C16H12F3N3O4/c1-9-2-4-10(5-3-9)14(23)15(24)21-20-12-7-6-11(16(17,18)19)8-13(12)22(25)26/h2-8,20H,1H3,(H,21,24). The van der Waals surface area contributed by atoms with E-state index in [-0.39, 0.29) is 5.56 Å². The van der Waals surface area contributed by atoms with Gasteiger partial charge in [-0.05, 0) is 19.1 Å². The van der Waals surface area contributed by atoms with Crippen LogP contribution in [0.25, 0.3) is 0 Å². The third kappa shape index (κ3) is 4.35. The largest absolute Gasteiger partial charge is 0.416 e. The van der Waals surface area contributed by atoms with Crippen LogP contribution in [0.2, 0.25) is 0 Å². The van der Waals surface area contributed by atoms with Crippen molar-refractivity contribution in [1.29, 1.82) is 0 Å². The second kappa shape index (κ2) is 7.21. The monoisotopic (exact) mass is 367 g/mol. The fraction of sp³-hybridized carbons (Fsp3) is 0.125. The summed E-state index contributed by atoms with van der Waals surface area (Å²) in [5, 5.41) is 11.0. The molecule has 2 aromatic carbocycles. The summed E-state index contributed by atoms with van der Waals surface area (Å²) in [6, 6.07) is 7.83. The van der Waals surface area contributed by atoms with Gasteiger partial charge in [0, 0.05) is 11.6 Å². The molecular formula is C16H12F3N3O4. The zero-order valence-corrected chi connectivity index (χ0v) is 13.3. The van der Waals surface area contributed by atoms with E-state index in [0.717, 1.165) is 11.6 Å². The molecule has 0 heterocycles. The van der Waals surface area contributed by atoms with Gasteiger partial charge in [0.1, 0.15) is 5.69 Å². The van der Waals surface area contributed by atoms with Crippen molar-refractivity contribution >= 4 is 23.1 Å². The summed E-state index contributed by atoms with van der Waals surface area (Å²) in [5.41, 5.74) is 2.51. The van der Waals surface area contributed by atoms with Crippen LogP contribution < -0.4 is 10.9 Å². The van der Waals surface area contributed by atoms with Crippen molar-refractivity contribution in [2.45, 2.75) is 13.1 Å². The van der Waals surface area contributed by atoms with E-state index in [4.69, 9.17) is 0 Å². The van der Waals surface area contributed by atoms with Crippen molar-refractivity contribution in [2.24, 2.45) is 0 Å². The highest BCUT2D eigenvalue weighted by atomic mass is 19.4. The second-order valence-corrected chi connectivity index (χ2v) is 5.26. The van der Waals surface area contributed by atoms with E-state index in [2.05, 4.69) is 5.43 Å². The molecule has 0 fully saturated rings. The molecule has 10 heteroatoms. The molecule has 26 heavy (non-hydrogen) atoms. The lowest BCUT2D eigenvalue weighted by molar-refractivity contribution is -0.384. The van der Waals surface area contributed by atoms with Crippen LogP contribution in [0.3, 0.4) is 0 Å². The Morgan fingerprint density at radius 1 is 1.08 bits per heavy atom. The van der Waals surface area contributed by atoms with Crippen LogP contribution in [-0.2, 0) is 11.0 Å². The van der Waals surface area contributed by atoms with Crippen LogP contribution in [0.15, 0.2) is 42.5 Å². The first-order valence-electron chi connectivity index (χ1n) is 7.12. The van der Waals surface area contributed by atoms with Crippen LogP contribution in [-0.4, -0.2) is 16.6 Å². The Labute approximate surface area is 144 Å². The van der Waals surface area contributed by atoms with Gasteiger partial charge in [0.2, 0.25) is 0 Å². The summed E-state index contributed by atoms with van der Waals surface area (Å²) in [5.74, 6) is -2.03. The highest BCUT2D eigenvalue weighted by Gasteiger charge is 2.33. The minimum absolute atomic E-state index is 0.0943. The minimum atomic E-state index is -4.76. The van der Waals surface area contributed by atoms with Gasteiger partial charge in [0.15, 0.2) is 0 Å². The van der Waals surface area contributed by atoms with Gasteiger partial charge in [-0.15, -0.1) is 0 Å². The van der Waals surface area contributed by atoms with Gasteiger partial charge >= 0.3 is 12.1 Å². The number of rotatable bonds is 5. The summed E-state index contributed by atoms with van der Waals surface area (Å²) in [7, 11) is 0. The number of ketones is 1. The Kier molecular flexibility index (Phi) is 5.24. The molecule has 0 aliphatic carbocycles. The molecule has 0 aliphatic heterocycles. The molecule has 0 bridgehead atoms. The summed E-state index contributed by atoms with van der Waals surface area (Å²) >= 11 is 0. The Hall–Kier alpha value is -3.43. The van der Waals surface area contributed by atoms with Crippen molar-refractivity contribution < 1.29 is 27.7 Å². The van der Waals surface area contributed by atoms with Gasteiger partial charge in [-0.2, -0.15) is 13.2 Å². The van der Waals surface area contributed by atoms with E-state index >= 15 is 0 Å². The molecule has 7 nitrogen and oxygen atoms in total. The fourth-order valence-corrected chi connectivity index (χ4v) is 1.98. The Balaban J connectivity index is 2.15. The molecule has 0 aromatic heterocycles. The first-order valence-corrected chi connectivity index (χ1v) is 7.12. The van der Waals surface area contributed by atoms with Gasteiger partial charge in [-0.3, -0.25) is 30.6 Å². The van der Waals surface area contributed by atoms with Crippen LogP contribution in [0.4, 0.5) is 24.5 Å². The van der Waals surface area contributed by atoms with Crippen LogP contribution in [0.5, 0.6) is 0 Å². The van der Waals surface area contributed by atoms with E-state index in [1.165, 1.54) is 12.1 Å². The van der Waals surface area contributed by atoms with Gasteiger partial charge in [0.25, 0.3) is 11.5 Å². The maximum atomic E-state index is 12.6. The molecule has 0 spiro atoms. The quantitative estimate of drug-likeness (QED) is 0.366. The molecule has 0 saturated heterocycles. The van der Waals surface area contributed by atoms with E-state index in [0.29, 0.717) is 12.1 Å². The third-order valence-corrected chi connectivity index (χ3v) is 3.35. The molecule has 2 N–H and O–H groups in total. The number of hydrogen-bond acceptors (Lipinski definition) is 5. The van der Waals surface area contributed by atoms with Crippen molar-refractivity contribution in [3.8, 4) is 0 Å². The number of amides is 1. The third-order valence-electron chi connectivity index (χ3n) is 3.35. The predicted octanol–water partition coefficient (Wildman–Crippen LogP) is 3.25. The molecule has 0 saturated carbocycles. The lowest BCUT2D eigenvalue weighted by atomic mass is 10.1. The van der Waals surface area contributed by atoms with E-state index in [9.17, 15) is 32.9 Å². The normalized spacial score (nSPS) is 10.9. The highest BCUT2D eigenvalue weighted by Crippen LogP contribution is 2.34. The minimum Gasteiger partial charge on any atom is -0.292 e.